The molecule has 29 heavy (non-hydrogen) atoms. The van der Waals surface area contributed by atoms with E-state index in [1.54, 1.807) is 39.0 Å². The minimum Gasteiger partial charge on any atom is -0.460 e. The first kappa shape index (κ1) is 21.9. The molecule has 1 aliphatic rings. The highest BCUT2D eigenvalue weighted by molar-refractivity contribution is 7.92. The van der Waals surface area contributed by atoms with Gasteiger partial charge in [0, 0.05) is 16.3 Å². The van der Waals surface area contributed by atoms with Gasteiger partial charge in [-0.15, -0.1) is 11.3 Å². The third-order valence-electron chi connectivity index (χ3n) is 4.88. The van der Waals surface area contributed by atoms with Gasteiger partial charge >= 0.3 is 5.97 Å². The molecule has 0 aliphatic carbocycles. The van der Waals surface area contributed by atoms with Crippen LogP contribution in [-0.4, -0.2) is 38.8 Å². The SMILES string of the molecule is CC(C)(C)OC(=O)CC1(c2ccc(-c3ccc(F)cc3)s2)CCNCCS1(=O)=O. The van der Waals surface area contributed by atoms with Crippen LogP contribution >= 0.6 is 11.3 Å². The van der Waals surface area contributed by atoms with Gasteiger partial charge in [0.15, 0.2) is 9.84 Å². The van der Waals surface area contributed by atoms with Gasteiger partial charge < -0.3 is 10.1 Å². The largest absolute Gasteiger partial charge is 0.460 e. The summed E-state index contributed by atoms with van der Waals surface area (Å²) in [6, 6.07) is 9.67. The highest BCUT2D eigenvalue weighted by Crippen LogP contribution is 2.44. The second-order valence-electron chi connectivity index (χ2n) is 8.25. The van der Waals surface area contributed by atoms with Gasteiger partial charge in [0.05, 0.1) is 12.2 Å². The van der Waals surface area contributed by atoms with Gasteiger partial charge in [-0.3, -0.25) is 4.79 Å². The topological polar surface area (TPSA) is 72.5 Å². The molecule has 1 saturated heterocycles. The van der Waals surface area contributed by atoms with Gasteiger partial charge in [-0.1, -0.05) is 12.1 Å². The van der Waals surface area contributed by atoms with Crippen LogP contribution in [0.5, 0.6) is 0 Å². The molecule has 0 amide bonds. The maximum absolute atomic E-state index is 13.3. The van der Waals surface area contributed by atoms with Crippen LogP contribution in [0.1, 0.15) is 38.5 Å². The molecule has 8 heteroatoms. The van der Waals surface area contributed by atoms with Crippen LogP contribution in [0.2, 0.25) is 0 Å². The van der Waals surface area contributed by atoms with Crippen molar-refractivity contribution in [2.75, 3.05) is 18.8 Å². The Labute approximate surface area is 175 Å². The van der Waals surface area contributed by atoms with Crippen LogP contribution < -0.4 is 5.32 Å². The minimum atomic E-state index is -3.61. The van der Waals surface area contributed by atoms with E-state index >= 15 is 0 Å². The highest BCUT2D eigenvalue weighted by Gasteiger charge is 2.49. The molecule has 1 aromatic carbocycles. The van der Waals surface area contributed by atoms with E-state index in [9.17, 15) is 17.6 Å². The van der Waals surface area contributed by atoms with E-state index in [-0.39, 0.29) is 24.4 Å². The molecule has 1 N–H and O–H groups in total. The van der Waals surface area contributed by atoms with Crippen LogP contribution in [0, 0.1) is 5.82 Å². The number of rotatable bonds is 4. The smallest absolute Gasteiger partial charge is 0.308 e. The predicted molar refractivity (Wildman–Crippen MR) is 113 cm³/mol. The fourth-order valence-electron chi connectivity index (χ4n) is 3.50. The van der Waals surface area contributed by atoms with E-state index in [1.807, 2.05) is 6.07 Å². The molecule has 1 fully saturated rings. The predicted octanol–water partition coefficient (Wildman–Crippen LogP) is 3.89. The van der Waals surface area contributed by atoms with E-state index in [0.717, 1.165) is 10.4 Å². The molecule has 2 heterocycles. The molecule has 2 aromatic rings. The molecule has 1 unspecified atom stereocenters. The first-order valence-corrected chi connectivity index (χ1v) is 12.0. The lowest BCUT2D eigenvalue weighted by Crippen LogP contribution is -2.40. The van der Waals surface area contributed by atoms with Gasteiger partial charge in [0.1, 0.15) is 16.2 Å². The van der Waals surface area contributed by atoms with Crippen LogP contribution in [0.25, 0.3) is 10.4 Å². The lowest BCUT2D eigenvalue weighted by Gasteiger charge is -2.31. The van der Waals surface area contributed by atoms with Gasteiger partial charge in [0.2, 0.25) is 0 Å². The zero-order valence-electron chi connectivity index (χ0n) is 16.8. The summed E-state index contributed by atoms with van der Waals surface area (Å²) in [7, 11) is -3.61. The van der Waals surface area contributed by atoms with Crippen molar-refractivity contribution in [3.63, 3.8) is 0 Å². The first-order valence-electron chi connectivity index (χ1n) is 9.54. The molecule has 0 radical (unpaired) electrons. The van der Waals surface area contributed by atoms with Crippen LogP contribution in [0.15, 0.2) is 36.4 Å². The number of carbonyl (C=O) groups is 1. The molecular formula is C21H26FNO4S2. The van der Waals surface area contributed by atoms with Crippen molar-refractivity contribution < 1.29 is 22.3 Å². The second-order valence-corrected chi connectivity index (χ2v) is 11.8. The highest BCUT2D eigenvalue weighted by atomic mass is 32.2. The monoisotopic (exact) mass is 439 g/mol. The summed E-state index contributed by atoms with van der Waals surface area (Å²) in [5.41, 5.74) is 0.110. The Kier molecular flexibility index (Phi) is 6.17. The van der Waals surface area contributed by atoms with E-state index in [4.69, 9.17) is 4.74 Å². The first-order chi connectivity index (χ1) is 13.5. The lowest BCUT2D eigenvalue weighted by molar-refractivity contribution is -0.155. The molecular weight excluding hydrogens is 413 g/mol. The Bertz CT molecular complexity index is 977. The van der Waals surface area contributed by atoms with Crippen molar-refractivity contribution in [1.82, 2.24) is 5.32 Å². The van der Waals surface area contributed by atoms with E-state index < -0.39 is 26.2 Å². The third kappa shape index (κ3) is 4.87. The maximum Gasteiger partial charge on any atom is 0.308 e. The number of hydrogen-bond donors (Lipinski definition) is 1. The number of hydrogen-bond acceptors (Lipinski definition) is 6. The van der Waals surface area contributed by atoms with Gasteiger partial charge in [-0.25, -0.2) is 12.8 Å². The van der Waals surface area contributed by atoms with Crippen LogP contribution in [-0.2, 0) is 24.1 Å². The summed E-state index contributed by atoms with van der Waals surface area (Å²) in [6.07, 6.45) is 0.0651. The Hall–Kier alpha value is -1.77. The normalized spacial score (nSPS) is 22.1. The number of halogens is 1. The van der Waals surface area contributed by atoms with Crippen LogP contribution in [0.4, 0.5) is 4.39 Å². The zero-order chi connectivity index (χ0) is 21.3. The summed E-state index contributed by atoms with van der Waals surface area (Å²) in [6.45, 7) is 6.13. The number of carbonyl (C=O) groups excluding carboxylic acids is 1. The summed E-state index contributed by atoms with van der Waals surface area (Å²) in [5.74, 6) is -0.899. The summed E-state index contributed by atoms with van der Waals surface area (Å²) >= 11 is 1.33. The minimum absolute atomic E-state index is 0.0421. The molecule has 158 valence electrons. The van der Waals surface area contributed by atoms with Crippen molar-refractivity contribution in [2.45, 2.75) is 44.0 Å². The lowest BCUT2D eigenvalue weighted by atomic mass is 9.97. The van der Waals surface area contributed by atoms with E-state index in [1.165, 1.54) is 23.5 Å². The molecule has 3 rings (SSSR count). The number of thiophene rings is 1. The van der Waals surface area contributed by atoms with Gasteiger partial charge in [-0.05, 0) is 63.6 Å². The number of esters is 1. The third-order valence-corrected chi connectivity index (χ3v) is 8.85. The Morgan fingerprint density at radius 3 is 2.52 bits per heavy atom. The Morgan fingerprint density at radius 2 is 1.86 bits per heavy atom. The van der Waals surface area contributed by atoms with Crippen molar-refractivity contribution in [3.8, 4) is 10.4 Å². The zero-order valence-corrected chi connectivity index (χ0v) is 18.5. The fourth-order valence-corrected chi connectivity index (χ4v) is 7.06. The number of ether oxygens (including phenoxy) is 1. The number of benzene rings is 1. The van der Waals surface area contributed by atoms with Crippen molar-refractivity contribution in [1.29, 1.82) is 0 Å². The molecule has 0 spiro atoms. The second kappa shape index (κ2) is 8.16. The molecule has 1 atom stereocenters. The van der Waals surface area contributed by atoms with Crippen molar-refractivity contribution >= 4 is 27.1 Å². The van der Waals surface area contributed by atoms with Crippen LogP contribution in [0.3, 0.4) is 0 Å². The Balaban J connectivity index is 2.04. The molecule has 1 aromatic heterocycles. The van der Waals surface area contributed by atoms with Crippen molar-refractivity contribution in [3.05, 3.63) is 47.1 Å². The quantitative estimate of drug-likeness (QED) is 0.732. The number of sulfone groups is 1. The molecule has 5 nitrogen and oxygen atoms in total. The Morgan fingerprint density at radius 1 is 1.17 bits per heavy atom. The van der Waals surface area contributed by atoms with E-state index in [0.29, 0.717) is 18.0 Å². The maximum atomic E-state index is 13.3. The fraction of sp³-hybridized carbons (Fsp3) is 0.476. The molecule has 0 saturated carbocycles. The number of nitrogens with one attached hydrogen (secondary N) is 1. The van der Waals surface area contributed by atoms with E-state index in [2.05, 4.69) is 5.32 Å². The molecule has 1 aliphatic heterocycles. The standard InChI is InChI=1S/C21H26FNO4S2/c1-20(2,3)27-19(24)14-21(10-11-23-12-13-29(21,25)26)18-9-8-17(28-18)15-4-6-16(22)7-5-15/h4-9,23H,10-14H2,1-3H3. The summed E-state index contributed by atoms with van der Waals surface area (Å²) in [5, 5.41) is 3.13. The summed E-state index contributed by atoms with van der Waals surface area (Å²) < 4.78 is 44.0. The average molecular weight is 440 g/mol. The molecule has 0 bridgehead atoms. The summed E-state index contributed by atoms with van der Waals surface area (Å²) in [4.78, 5) is 14.1. The van der Waals surface area contributed by atoms with Gasteiger partial charge in [-0.2, -0.15) is 0 Å². The van der Waals surface area contributed by atoms with Crippen molar-refractivity contribution in [2.24, 2.45) is 0 Å². The van der Waals surface area contributed by atoms with Gasteiger partial charge in [0.25, 0.3) is 0 Å². The average Bonchev–Trinajstić information content (AvgIpc) is 3.04.